The van der Waals surface area contributed by atoms with Gasteiger partial charge in [-0.25, -0.2) is 4.79 Å². The first-order valence-corrected chi connectivity index (χ1v) is 10.2. The molecule has 1 fully saturated rings. The Morgan fingerprint density at radius 1 is 1.07 bits per heavy atom. The molecule has 4 rings (SSSR count). The topological polar surface area (TPSA) is 55.7 Å². The van der Waals surface area contributed by atoms with Crippen LogP contribution in [0.15, 0.2) is 36.5 Å². The zero-order valence-corrected chi connectivity index (χ0v) is 16.7. The van der Waals surface area contributed by atoms with Gasteiger partial charge >= 0.3 is 6.03 Å². The number of hydrogen-bond donors (Lipinski definition) is 1. The van der Waals surface area contributed by atoms with E-state index in [-0.39, 0.29) is 18.1 Å². The number of fused-ring (bicyclic) bond motifs is 1. The Hall–Kier alpha value is -2.63. The monoisotopic (exact) mass is 383 g/mol. The molecule has 150 valence electrons. The summed E-state index contributed by atoms with van der Waals surface area (Å²) >= 11 is 0. The van der Waals surface area contributed by atoms with Crippen LogP contribution in [-0.2, 0) is 6.54 Å². The third-order valence-corrected chi connectivity index (χ3v) is 5.96. The number of nitrogens with zero attached hydrogens (tertiary/aromatic N) is 2. The molecule has 0 spiro atoms. The van der Waals surface area contributed by atoms with Crippen LogP contribution in [-0.4, -0.2) is 42.3 Å². The number of benzene rings is 1. The van der Waals surface area contributed by atoms with Gasteiger partial charge in [-0.05, 0) is 43.2 Å². The molecule has 28 heavy (non-hydrogen) atoms. The van der Waals surface area contributed by atoms with Crippen LogP contribution in [0.5, 0.6) is 11.5 Å². The van der Waals surface area contributed by atoms with E-state index in [1.807, 2.05) is 29.2 Å². The fraction of sp³-hybridized carbons (Fsp3) is 0.500. The van der Waals surface area contributed by atoms with E-state index in [0.717, 1.165) is 42.1 Å². The summed E-state index contributed by atoms with van der Waals surface area (Å²) in [5.74, 6) is 1.52. The van der Waals surface area contributed by atoms with Crippen LogP contribution in [0.1, 0.15) is 49.4 Å². The molecule has 2 aliphatic rings. The molecule has 1 N–H and O–H groups in total. The minimum atomic E-state index is -0.211. The Morgan fingerprint density at radius 2 is 1.89 bits per heavy atom. The second-order valence-corrected chi connectivity index (χ2v) is 7.61. The lowest BCUT2D eigenvalue weighted by Crippen LogP contribution is -2.50. The smallest absolute Gasteiger partial charge is 0.318 e. The molecule has 2 heterocycles. The van der Waals surface area contributed by atoms with Gasteiger partial charge in [0.05, 0.1) is 14.2 Å². The van der Waals surface area contributed by atoms with E-state index in [1.165, 1.54) is 19.3 Å². The number of carbonyl (C=O) groups excluding carboxylic acids is 1. The van der Waals surface area contributed by atoms with Crippen molar-refractivity contribution in [3.05, 3.63) is 47.8 Å². The molecule has 1 aromatic carbocycles. The number of rotatable bonds is 4. The second kappa shape index (κ2) is 8.17. The van der Waals surface area contributed by atoms with Crippen LogP contribution in [0, 0.1) is 0 Å². The minimum Gasteiger partial charge on any atom is -0.497 e. The molecule has 1 atom stereocenters. The van der Waals surface area contributed by atoms with Crippen LogP contribution in [0.3, 0.4) is 0 Å². The number of hydrogen-bond acceptors (Lipinski definition) is 3. The molecule has 2 amide bonds. The van der Waals surface area contributed by atoms with E-state index >= 15 is 0 Å². The van der Waals surface area contributed by atoms with Gasteiger partial charge in [-0.15, -0.1) is 0 Å². The Kier molecular flexibility index (Phi) is 5.46. The molecular formula is C22H29N3O3. The molecule has 6 heteroatoms. The molecule has 0 saturated heterocycles. The minimum absolute atomic E-state index is 0.00854. The maximum atomic E-state index is 13.3. The molecule has 1 aliphatic heterocycles. The van der Waals surface area contributed by atoms with E-state index in [1.54, 1.807) is 14.2 Å². The van der Waals surface area contributed by atoms with Crippen molar-refractivity contribution in [1.82, 2.24) is 14.8 Å². The maximum absolute atomic E-state index is 13.3. The van der Waals surface area contributed by atoms with Gasteiger partial charge < -0.3 is 24.3 Å². The Morgan fingerprint density at radius 3 is 2.64 bits per heavy atom. The predicted octanol–water partition coefficient (Wildman–Crippen LogP) is 3.95. The van der Waals surface area contributed by atoms with Crippen molar-refractivity contribution in [2.24, 2.45) is 0 Å². The molecule has 6 nitrogen and oxygen atoms in total. The molecule has 1 saturated carbocycles. The number of urea groups is 1. The molecule has 0 unspecified atom stereocenters. The highest BCUT2D eigenvalue weighted by atomic mass is 16.5. The van der Waals surface area contributed by atoms with Gasteiger partial charge in [0.2, 0.25) is 0 Å². The zero-order valence-electron chi connectivity index (χ0n) is 16.7. The van der Waals surface area contributed by atoms with Crippen molar-refractivity contribution in [3.63, 3.8) is 0 Å². The lowest BCUT2D eigenvalue weighted by molar-refractivity contribution is 0.161. The lowest BCUT2D eigenvalue weighted by atomic mass is 9.95. The molecule has 1 aromatic heterocycles. The number of carbonyl (C=O) groups is 1. The Labute approximate surface area is 166 Å². The van der Waals surface area contributed by atoms with Gasteiger partial charge in [0.25, 0.3) is 0 Å². The third kappa shape index (κ3) is 3.55. The van der Waals surface area contributed by atoms with Crippen LogP contribution in [0.2, 0.25) is 0 Å². The van der Waals surface area contributed by atoms with Crippen LogP contribution in [0.4, 0.5) is 4.79 Å². The Balaban J connectivity index is 1.69. The summed E-state index contributed by atoms with van der Waals surface area (Å²) in [5.41, 5.74) is 2.04. The van der Waals surface area contributed by atoms with Crippen LogP contribution in [0.25, 0.3) is 0 Å². The number of nitrogens with one attached hydrogen (secondary N) is 1. The van der Waals surface area contributed by atoms with Gasteiger partial charge in [-0.2, -0.15) is 0 Å². The van der Waals surface area contributed by atoms with Gasteiger partial charge in [-0.1, -0.05) is 19.3 Å². The van der Waals surface area contributed by atoms with Gasteiger partial charge in [0.1, 0.15) is 17.5 Å². The zero-order chi connectivity index (χ0) is 19.5. The Bertz CT molecular complexity index is 826. The predicted molar refractivity (Wildman–Crippen MR) is 108 cm³/mol. The average Bonchev–Trinajstić information content (AvgIpc) is 3.22. The summed E-state index contributed by atoms with van der Waals surface area (Å²) in [7, 11) is 3.32. The highest BCUT2D eigenvalue weighted by Gasteiger charge is 2.35. The quantitative estimate of drug-likeness (QED) is 0.870. The summed E-state index contributed by atoms with van der Waals surface area (Å²) in [6.07, 6.45) is 7.88. The summed E-state index contributed by atoms with van der Waals surface area (Å²) in [4.78, 5) is 15.2. The number of amides is 2. The van der Waals surface area contributed by atoms with Crippen molar-refractivity contribution in [2.75, 3.05) is 20.8 Å². The molecular weight excluding hydrogens is 354 g/mol. The van der Waals surface area contributed by atoms with Crippen molar-refractivity contribution < 1.29 is 14.3 Å². The average molecular weight is 383 g/mol. The fourth-order valence-electron chi connectivity index (χ4n) is 4.49. The standard InChI is InChI=1S/C22H29N3O3/c1-27-17-10-11-20(28-2)18(15-17)21-19-9-6-12-24(19)13-14-25(21)22(26)23-16-7-4-3-5-8-16/h6,9-12,15-16,21H,3-5,7-8,13-14H2,1-2H3,(H,23,26)/t21-/m1/s1. The summed E-state index contributed by atoms with van der Waals surface area (Å²) in [6, 6.07) is 9.98. The van der Waals surface area contributed by atoms with Gasteiger partial charge in [0, 0.05) is 36.6 Å². The van der Waals surface area contributed by atoms with E-state index < -0.39 is 0 Å². The van der Waals surface area contributed by atoms with E-state index in [0.29, 0.717) is 6.54 Å². The first kappa shape index (κ1) is 18.7. The first-order chi connectivity index (χ1) is 13.7. The summed E-state index contributed by atoms with van der Waals surface area (Å²) < 4.78 is 13.3. The first-order valence-electron chi connectivity index (χ1n) is 10.2. The number of methoxy groups -OCH3 is 2. The van der Waals surface area contributed by atoms with E-state index in [4.69, 9.17) is 9.47 Å². The van der Waals surface area contributed by atoms with Crippen LogP contribution >= 0.6 is 0 Å². The summed E-state index contributed by atoms with van der Waals surface area (Å²) in [5, 5.41) is 3.28. The SMILES string of the molecule is COc1ccc(OC)c([C@@H]2c3cccn3CCN2C(=O)NC2CCCCC2)c1. The summed E-state index contributed by atoms with van der Waals surface area (Å²) in [6.45, 7) is 1.45. The van der Waals surface area contributed by atoms with Gasteiger partial charge in [-0.3, -0.25) is 0 Å². The largest absolute Gasteiger partial charge is 0.497 e. The van der Waals surface area contributed by atoms with E-state index in [9.17, 15) is 4.79 Å². The highest BCUT2D eigenvalue weighted by molar-refractivity contribution is 5.76. The van der Waals surface area contributed by atoms with Crippen molar-refractivity contribution in [1.29, 1.82) is 0 Å². The van der Waals surface area contributed by atoms with Crippen molar-refractivity contribution in [2.45, 2.75) is 50.7 Å². The molecule has 2 aromatic rings. The molecule has 0 radical (unpaired) electrons. The second-order valence-electron chi connectivity index (χ2n) is 7.61. The van der Waals surface area contributed by atoms with Crippen molar-refractivity contribution >= 4 is 6.03 Å². The number of aromatic nitrogens is 1. The molecule has 0 bridgehead atoms. The normalized spacial score (nSPS) is 19.8. The van der Waals surface area contributed by atoms with Gasteiger partial charge in [0.15, 0.2) is 0 Å². The van der Waals surface area contributed by atoms with Crippen molar-refractivity contribution in [3.8, 4) is 11.5 Å². The highest BCUT2D eigenvalue weighted by Crippen LogP contribution is 2.39. The molecule has 1 aliphatic carbocycles. The number of ether oxygens (including phenoxy) is 2. The maximum Gasteiger partial charge on any atom is 0.318 e. The third-order valence-electron chi connectivity index (χ3n) is 5.96. The fourth-order valence-corrected chi connectivity index (χ4v) is 4.49. The van der Waals surface area contributed by atoms with Crippen LogP contribution < -0.4 is 14.8 Å². The van der Waals surface area contributed by atoms with E-state index in [2.05, 4.69) is 22.1 Å². The lowest BCUT2D eigenvalue weighted by Gasteiger charge is -2.39.